The van der Waals surface area contributed by atoms with Gasteiger partial charge in [-0.1, -0.05) is 6.92 Å². The van der Waals surface area contributed by atoms with E-state index in [1.54, 1.807) is 23.3 Å². The number of nitrogens with one attached hydrogen (secondary N) is 2. The molecule has 0 saturated carbocycles. The molecule has 3 heterocycles. The topological polar surface area (TPSA) is 84.7 Å². The molecule has 1 fully saturated rings. The van der Waals surface area contributed by atoms with Crippen LogP contribution in [-0.2, 0) is 4.79 Å². The fourth-order valence-corrected chi connectivity index (χ4v) is 2.59. The van der Waals surface area contributed by atoms with Crippen molar-refractivity contribution in [2.75, 3.05) is 18.4 Å². The van der Waals surface area contributed by atoms with Crippen molar-refractivity contribution in [3.63, 3.8) is 0 Å². The molecule has 0 radical (unpaired) electrons. The Bertz CT molecular complexity index is 601. The summed E-state index contributed by atoms with van der Waals surface area (Å²) in [5, 5.41) is 10.2. The summed E-state index contributed by atoms with van der Waals surface area (Å²) in [6.07, 6.45) is 6.38. The largest absolute Gasteiger partial charge is 0.324 e. The highest BCUT2D eigenvalue weighted by molar-refractivity contribution is 5.95. The van der Waals surface area contributed by atoms with Crippen LogP contribution in [0.5, 0.6) is 0 Å². The van der Waals surface area contributed by atoms with Crippen molar-refractivity contribution in [2.45, 2.75) is 19.8 Å². The van der Waals surface area contributed by atoms with Gasteiger partial charge in [-0.25, -0.2) is 14.6 Å². The zero-order valence-corrected chi connectivity index (χ0v) is 11.9. The van der Waals surface area contributed by atoms with Gasteiger partial charge in [0.05, 0.1) is 17.3 Å². The fraction of sp³-hybridized carbons (Fsp3) is 0.429. The number of rotatable bonds is 4. The van der Waals surface area contributed by atoms with Crippen molar-refractivity contribution >= 4 is 11.6 Å². The minimum atomic E-state index is -0.301. The number of anilines is 1. The van der Waals surface area contributed by atoms with E-state index in [9.17, 15) is 4.79 Å². The number of carbonyl (C=O) groups excluding carboxylic acids is 1. The van der Waals surface area contributed by atoms with Crippen molar-refractivity contribution in [1.29, 1.82) is 0 Å². The van der Waals surface area contributed by atoms with Crippen molar-refractivity contribution in [1.82, 2.24) is 25.1 Å². The maximum atomic E-state index is 12.5. The van der Waals surface area contributed by atoms with Gasteiger partial charge in [0.15, 0.2) is 5.82 Å². The zero-order chi connectivity index (χ0) is 14.7. The lowest BCUT2D eigenvalue weighted by molar-refractivity contribution is -0.124. The highest BCUT2D eigenvalue weighted by Crippen LogP contribution is 2.30. The molecule has 1 atom stereocenters. The van der Waals surface area contributed by atoms with Crippen LogP contribution in [0.15, 0.2) is 31.0 Å². The highest BCUT2D eigenvalue weighted by Gasteiger charge is 2.39. The lowest BCUT2D eigenvalue weighted by atomic mass is 9.83. The summed E-state index contributed by atoms with van der Waals surface area (Å²) in [6.45, 7) is 3.68. The molecule has 7 heteroatoms. The number of hydrogen-bond acceptors (Lipinski definition) is 5. The summed E-state index contributed by atoms with van der Waals surface area (Å²) in [5.41, 5.74) is 0.397. The summed E-state index contributed by atoms with van der Waals surface area (Å²) in [6, 6.07) is 3.63. The van der Waals surface area contributed by atoms with Crippen LogP contribution < -0.4 is 10.6 Å². The van der Waals surface area contributed by atoms with Gasteiger partial charge in [0.25, 0.3) is 0 Å². The third-order valence-electron chi connectivity index (χ3n) is 4.06. The third-order valence-corrected chi connectivity index (χ3v) is 4.06. The molecule has 1 amide bonds. The molecule has 2 aromatic heterocycles. The Morgan fingerprint density at radius 3 is 3.00 bits per heavy atom. The van der Waals surface area contributed by atoms with Gasteiger partial charge in [0.2, 0.25) is 5.91 Å². The van der Waals surface area contributed by atoms with Gasteiger partial charge in [0.1, 0.15) is 12.7 Å². The number of pyridine rings is 1. The second-order valence-corrected chi connectivity index (χ2v) is 5.26. The monoisotopic (exact) mass is 286 g/mol. The summed E-state index contributed by atoms with van der Waals surface area (Å²) in [5.74, 6) is 0.726. The van der Waals surface area contributed by atoms with Gasteiger partial charge in [-0.3, -0.25) is 4.79 Å². The van der Waals surface area contributed by atoms with E-state index in [2.05, 4.69) is 32.6 Å². The van der Waals surface area contributed by atoms with E-state index in [0.717, 1.165) is 25.9 Å². The van der Waals surface area contributed by atoms with E-state index in [1.165, 1.54) is 6.33 Å². The highest BCUT2D eigenvalue weighted by atomic mass is 16.2. The molecule has 1 saturated heterocycles. The number of amides is 1. The molecule has 7 nitrogen and oxygen atoms in total. The molecular formula is C14H18N6O. The minimum absolute atomic E-state index is 0.0605. The van der Waals surface area contributed by atoms with Crippen molar-refractivity contribution < 1.29 is 4.79 Å². The Morgan fingerprint density at radius 2 is 2.43 bits per heavy atom. The van der Waals surface area contributed by atoms with Crippen LogP contribution in [0.4, 0.5) is 5.69 Å². The molecule has 2 aromatic rings. The van der Waals surface area contributed by atoms with Crippen LogP contribution in [-0.4, -0.2) is 38.7 Å². The molecule has 1 aliphatic rings. The van der Waals surface area contributed by atoms with Crippen LogP contribution in [0, 0.1) is 5.41 Å². The molecule has 3 rings (SSSR count). The first kappa shape index (κ1) is 13.7. The van der Waals surface area contributed by atoms with Gasteiger partial charge < -0.3 is 10.6 Å². The van der Waals surface area contributed by atoms with Gasteiger partial charge in [-0.2, -0.15) is 5.10 Å². The molecule has 0 spiro atoms. The van der Waals surface area contributed by atoms with Gasteiger partial charge in [0, 0.05) is 6.54 Å². The summed E-state index contributed by atoms with van der Waals surface area (Å²) >= 11 is 0. The second kappa shape index (κ2) is 5.61. The first-order valence-corrected chi connectivity index (χ1v) is 7.07. The maximum absolute atomic E-state index is 12.5. The molecule has 1 unspecified atom stereocenters. The zero-order valence-electron chi connectivity index (χ0n) is 11.9. The predicted molar refractivity (Wildman–Crippen MR) is 78.0 cm³/mol. The first-order valence-electron chi connectivity index (χ1n) is 7.07. The first-order chi connectivity index (χ1) is 10.2. The van der Waals surface area contributed by atoms with E-state index in [4.69, 9.17) is 0 Å². The molecule has 110 valence electrons. The smallest absolute Gasteiger partial charge is 0.231 e. The standard InChI is InChI=1S/C14H18N6O/c1-2-14(5-6-15-8-14)13(21)19-11-3-4-12(17-7-11)20-10-16-9-18-20/h3-4,7,9-10,15H,2,5-6,8H2,1H3,(H,19,21). The van der Waals surface area contributed by atoms with E-state index in [0.29, 0.717) is 11.5 Å². The number of carbonyl (C=O) groups is 1. The minimum Gasteiger partial charge on any atom is -0.324 e. The van der Waals surface area contributed by atoms with Crippen LogP contribution in [0.3, 0.4) is 0 Å². The Morgan fingerprint density at radius 1 is 1.52 bits per heavy atom. The lowest BCUT2D eigenvalue weighted by Gasteiger charge is -2.25. The summed E-state index contributed by atoms with van der Waals surface area (Å²) < 4.78 is 1.57. The molecule has 2 N–H and O–H groups in total. The number of hydrogen-bond donors (Lipinski definition) is 2. The second-order valence-electron chi connectivity index (χ2n) is 5.26. The molecular weight excluding hydrogens is 268 g/mol. The average molecular weight is 286 g/mol. The Balaban J connectivity index is 1.72. The lowest BCUT2D eigenvalue weighted by Crippen LogP contribution is -2.37. The van der Waals surface area contributed by atoms with Gasteiger partial charge in [-0.15, -0.1) is 0 Å². The Labute approximate surface area is 122 Å². The molecule has 21 heavy (non-hydrogen) atoms. The van der Waals surface area contributed by atoms with E-state index < -0.39 is 0 Å². The van der Waals surface area contributed by atoms with E-state index in [-0.39, 0.29) is 11.3 Å². The molecule has 0 aliphatic carbocycles. The fourth-order valence-electron chi connectivity index (χ4n) is 2.59. The normalized spacial score (nSPS) is 21.4. The average Bonchev–Trinajstić information content (AvgIpc) is 3.20. The van der Waals surface area contributed by atoms with Crippen LogP contribution in [0.25, 0.3) is 5.82 Å². The van der Waals surface area contributed by atoms with Gasteiger partial charge in [-0.05, 0) is 31.5 Å². The molecule has 0 aromatic carbocycles. The molecule has 1 aliphatic heterocycles. The van der Waals surface area contributed by atoms with E-state index >= 15 is 0 Å². The maximum Gasteiger partial charge on any atom is 0.231 e. The van der Waals surface area contributed by atoms with Crippen molar-refractivity contribution in [3.05, 3.63) is 31.0 Å². The Hall–Kier alpha value is -2.28. The SMILES string of the molecule is CCC1(C(=O)Nc2ccc(-n3cncn3)nc2)CCNC1. The quantitative estimate of drug-likeness (QED) is 0.875. The number of nitrogens with zero attached hydrogens (tertiary/aromatic N) is 4. The Kier molecular flexibility index (Phi) is 3.66. The van der Waals surface area contributed by atoms with Crippen LogP contribution in [0.2, 0.25) is 0 Å². The van der Waals surface area contributed by atoms with Crippen molar-refractivity contribution in [3.8, 4) is 5.82 Å². The summed E-state index contributed by atoms with van der Waals surface area (Å²) in [4.78, 5) is 20.6. The summed E-state index contributed by atoms with van der Waals surface area (Å²) in [7, 11) is 0. The van der Waals surface area contributed by atoms with E-state index in [1.807, 2.05) is 6.07 Å². The third kappa shape index (κ3) is 2.64. The molecule has 0 bridgehead atoms. The number of aromatic nitrogens is 4. The van der Waals surface area contributed by atoms with Crippen LogP contribution >= 0.6 is 0 Å². The van der Waals surface area contributed by atoms with Crippen molar-refractivity contribution in [2.24, 2.45) is 5.41 Å². The predicted octanol–water partition coefficient (Wildman–Crippen LogP) is 0.990. The van der Waals surface area contributed by atoms with Gasteiger partial charge >= 0.3 is 0 Å². The van der Waals surface area contributed by atoms with Crippen LogP contribution in [0.1, 0.15) is 19.8 Å².